The zero-order valence-corrected chi connectivity index (χ0v) is 14.8. The summed E-state index contributed by atoms with van der Waals surface area (Å²) in [5, 5.41) is 0. The minimum atomic E-state index is -0.159. The molecule has 0 heterocycles. The molecule has 0 aromatic carbocycles. The van der Waals surface area contributed by atoms with Gasteiger partial charge in [-0.2, -0.15) is 0 Å². The Bertz CT molecular complexity index is 574. The lowest BCUT2D eigenvalue weighted by molar-refractivity contribution is -0.141. The maximum absolute atomic E-state index is 11.5. The molecule has 2 saturated carbocycles. The average Bonchev–Trinajstić information content (AvgIpc) is 2.83. The quantitative estimate of drug-likeness (QED) is 0.488. The number of esters is 1. The number of allylic oxidation sites excluding steroid dienone is 4. The van der Waals surface area contributed by atoms with E-state index in [1.54, 1.807) is 0 Å². The Morgan fingerprint density at radius 3 is 2.74 bits per heavy atom. The first-order valence-corrected chi connectivity index (χ1v) is 9.49. The molecule has 0 spiro atoms. The monoisotopic (exact) mass is 314 g/mol. The van der Waals surface area contributed by atoms with Crippen molar-refractivity contribution >= 4 is 5.97 Å². The van der Waals surface area contributed by atoms with Gasteiger partial charge in [0, 0.05) is 12.3 Å². The van der Waals surface area contributed by atoms with E-state index in [0.717, 1.165) is 29.9 Å². The van der Waals surface area contributed by atoms with Crippen LogP contribution in [0.5, 0.6) is 0 Å². The molecule has 0 bridgehead atoms. The summed E-state index contributed by atoms with van der Waals surface area (Å²) < 4.78 is 5.61. The fraction of sp³-hybridized carbons (Fsp3) is 0.762. The zero-order valence-electron chi connectivity index (χ0n) is 14.8. The van der Waals surface area contributed by atoms with E-state index in [2.05, 4.69) is 32.1 Å². The Hall–Kier alpha value is -1.05. The summed E-state index contributed by atoms with van der Waals surface area (Å²) in [6.07, 6.45) is 16.0. The highest BCUT2D eigenvalue weighted by atomic mass is 16.5. The van der Waals surface area contributed by atoms with E-state index in [-0.39, 0.29) is 11.4 Å². The second-order valence-electron chi connectivity index (χ2n) is 8.92. The van der Waals surface area contributed by atoms with Crippen LogP contribution in [0, 0.1) is 34.5 Å². The fourth-order valence-electron chi connectivity index (χ4n) is 6.68. The van der Waals surface area contributed by atoms with Crippen LogP contribution < -0.4 is 0 Å². The van der Waals surface area contributed by atoms with Crippen molar-refractivity contribution in [2.75, 3.05) is 0 Å². The number of rotatable bonds is 1. The van der Waals surface area contributed by atoms with Gasteiger partial charge in [0.05, 0.1) is 0 Å². The minimum Gasteiger partial charge on any atom is -0.431 e. The number of hydrogen-bond donors (Lipinski definition) is 0. The molecule has 0 saturated heterocycles. The van der Waals surface area contributed by atoms with Crippen LogP contribution >= 0.6 is 0 Å². The predicted octanol–water partition coefficient (Wildman–Crippen LogP) is 5.25. The molecule has 23 heavy (non-hydrogen) atoms. The Labute approximate surface area is 140 Å². The maximum atomic E-state index is 11.5. The summed E-state index contributed by atoms with van der Waals surface area (Å²) in [5.41, 5.74) is 0.601. The molecule has 0 amide bonds. The molecule has 4 rings (SSSR count). The van der Waals surface area contributed by atoms with Gasteiger partial charge in [0.15, 0.2) is 0 Å². The Kier molecular flexibility index (Phi) is 3.52. The van der Waals surface area contributed by atoms with Crippen LogP contribution in [-0.4, -0.2) is 5.97 Å². The van der Waals surface area contributed by atoms with Crippen LogP contribution in [0.4, 0.5) is 0 Å². The molecule has 0 aromatic heterocycles. The molecule has 4 aliphatic carbocycles. The van der Waals surface area contributed by atoms with Gasteiger partial charge < -0.3 is 4.74 Å². The van der Waals surface area contributed by atoms with Gasteiger partial charge in [-0.25, -0.2) is 0 Å². The lowest BCUT2D eigenvalue weighted by Crippen LogP contribution is -2.52. The summed E-state index contributed by atoms with van der Waals surface area (Å²) in [6.45, 7) is 6.45. The van der Waals surface area contributed by atoms with Crippen LogP contribution in [0.25, 0.3) is 0 Å². The molecule has 126 valence electrons. The first-order chi connectivity index (χ1) is 10.9. The van der Waals surface area contributed by atoms with Gasteiger partial charge in [-0.3, -0.25) is 4.79 Å². The second-order valence-corrected chi connectivity index (χ2v) is 8.92. The fourth-order valence-corrected chi connectivity index (χ4v) is 6.68. The van der Waals surface area contributed by atoms with E-state index in [4.69, 9.17) is 4.74 Å². The van der Waals surface area contributed by atoms with E-state index in [9.17, 15) is 4.79 Å². The topological polar surface area (TPSA) is 26.3 Å². The third-order valence-corrected chi connectivity index (χ3v) is 7.97. The molecule has 0 radical (unpaired) electrons. The highest BCUT2D eigenvalue weighted by Crippen LogP contribution is 2.65. The lowest BCUT2D eigenvalue weighted by atomic mass is 9.46. The number of hydrogen-bond acceptors (Lipinski definition) is 2. The van der Waals surface area contributed by atoms with Gasteiger partial charge in [-0.15, -0.1) is 0 Å². The van der Waals surface area contributed by atoms with E-state index >= 15 is 0 Å². The van der Waals surface area contributed by atoms with Crippen molar-refractivity contribution < 1.29 is 9.53 Å². The molecule has 0 unspecified atom stereocenters. The van der Waals surface area contributed by atoms with Crippen LogP contribution in [0.2, 0.25) is 0 Å². The van der Waals surface area contributed by atoms with E-state index in [1.165, 1.54) is 45.4 Å². The van der Waals surface area contributed by atoms with Gasteiger partial charge in [0.1, 0.15) is 5.76 Å². The molecule has 0 N–H and O–H groups in total. The van der Waals surface area contributed by atoms with E-state index in [0.29, 0.717) is 11.3 Å². The zero-order chi connectivity index (χ0) is 16.2. The van der Waals surface area contributed by atoms with Crippen molar-refractivity contribution in [3.05, 3.63) is 24.0 Å². The summed E-state index contributed by atoms with van der Waals surface area (Å²) >= 11 is 0. The van der Waals surface area contributed by atoms with E-state index < -0.39 is 0 Å². The first kappa shape index (κ1) is 15.5. The van der Waals surface area contributed by atoms with E-state index in [1.807, 2.05) is 0 Å². The molecule has 2 heteroatoms. The normalized spacial score (nSPS) is 48.0. The number of carbonyl (C=O) groups is 1. The smallest absolute Gasteiger partial charge is 0.307 e. The van der Waals surface area contributed by atoms with Crippen molar-refractivity contribution in [1.82, 2.24) is 0 Å². The van der Waals surface area contributed by atoms with Crippen LogP contribution in [-0.2, 0) is 9.53 Å². The largest absolute Gasteiger partial charge is 0.431 e. The molecule has 4 aliphatic rings. The first-order valence-electron chi connectivity index (χ1n) is 9.49. The van der Waals surface area contributed by atoms with Crippen molar-refractivity contribution in [1.29, 1.82) is 0 Å². The predicted molar refractivity (Wildman–Crippen MR) is 91.5 cm³/mol. The van der Waals surface area contributed by atoms with Crippen LogP contribution in [0.1, 0.15) is 65.7 Å². The molecule has 0 aliphatic heterocycles. The summed E-state index contributed by atoms with van der Waals surface area (Å²) in [4.78, 5) is 11.5. The molecule has 6 atom stereocenters. The molecule has 2 nitrogen and oxygen atoms in total. The Morgan fingerprint density at radius 2 is 1.96 bits per heavy atom. The molecule has 0 aromatic rings. The lowest BCUT2D eigenvalue weighted by Gasteiger charge is -2.59. The van der Waals surface area contributed by atoms with Gasteiger partial charge in [-0.1, -0.05) is 26.0 Å². The second kappa shape index (κ2) is 5.22. The third kappa shape index (κ3) is 2.16. The highest BCUT2D eigenvalue weighted by Gasteiger charge is 2.58. The minimum absolute atomic E-state index is 0.0978. The SMILES string of the molecule is CC(=O)OC1=CC[C@H]2[C@H]3CC[C@H]4CC=CC[C@]4(C)[C@H]3CC[C@]12C. The average molecular weight is 314 g/mol. The van der Waals surface area contributed by atoms with Crippen molar-refractivity contribution in [2.45, 2.75) is 65.7 Å². The Balaban J connectivity index is 1.61. The molecule has 2 fully saturated rings. The summed E-state index contributed by atoms with van der Waals surface area (Å²) in [7, 11) is 0. The van der Waals surface area contributed by atoms with Crippen molar-refractivity contribution in [3.8, 4) is 0 Å². The van der Waals surface area contributed by atoms with Crippen LogP contribution in [0.3, 0.4) is 0 Å². The summed E-state index contributed by atoms with van der Waals surface area (Å²) in [5.74, 6) is 4.05. The van der Waals surface area contributed by atoms with Gasteiger partial charge >= 0.3 is 5.97 Å². The molecular formula is C21H30O2. The maximum Gasteiger partial charge on any atom is 0.307 e. The standard InChI is InChI=1S/C21H30O2/c1-14(22)23-19-10-9-17-16-8-7-15-6-4-5-12-20(15,2)18(16)11-13-21(17,19)3/h4-5,10,15-18H,6-9,11-13H2,1-3H3/t15-,16-,17+,18+,20+,21+/m1/s1. The molecular weight excluding hydrogens is 284 g/mol. The van der Waals surface area contributed by atoms with Crippen molar-refractivity contribution in [3.63, 3.8) is 0 Å². The van der Waals surface area contributed by atoms with Crippen molar-refractivity contribution in [2.24, 2.45) is 34.5 Å². The number of carbonyl (C=O) groups excluding carboxylic acids is 1. The van der Waals surface area contributed by atoms with Gasteiger partial charge in [0.2, 0.25) is 0 Å². The number of ether oxygens (including phenoxy) is 1. The van der Waals surface area contributed by atoms with Gasteiger partial charge in [-0.05, 0) is 80.1 Å². The third-order valence-electron chi connectivity index (χ3n) is 7.97. The highest BCUT2D eigenvalue weighted by molar-refractivity contribution is 5.67. The number of fused-ring (bicyclic) bond motifs is 5. The Morgan fingerprint density at radius 1 is 1.13 bits per heavy atom. The van der Waals surface area contributed by atoms with Crippen LogP contribution in [0.15, 0.2) is 24.0 Å². The van der Waals surface area contributed by atoms with Gasteiger partial charge in [0.25, 0.3) is 0 Å². The summed E-state index contributed by atoms with van der Waals surface area (Å²) in [6, 6.07) is 0.